The van der Waals surface area contributed by atoms with Gasteiger partial charge in [-0.05, 0) is 42.7 Å². The second kappa shape index (κ2) is 5.84. The molecule has 1 saturated carbocycles. The summed E-state index contributed by atoms with van der Waals surface area (Å²) >= 11 is 6.00. The van der Waals surface area contributed by atoms with Crippen molar-refractivity contribution < 1.29 is 4.92 Å². The maximum Gasteiger partial charge on any atom is 0.269 e. The molecular weight excluding hydrogens is 288 g/mol. The van der Waals surface area contributed by atoms with Gasteiger partial charge < -0.3 is 4.90 Å². The number of anilines is 1. The molecule has 3 rings (SSSR count). The number of alkyl halides is 1. The quantitative estimate of drug-likeness (QED) is 0.469. The normalized spacial score (nSPS) is 20.9. The number of hydrogen-bond donors (Lipinski definition) is 0. The Morgan fingerprint density at radius 1 is 1.19 bits per heavy atom. The molecule has 21 heavy (non-hydrogen) atoms. The number of hydrogen-bond acceptors (Lipinski definition) is 3. The SMILES string of the molecule is O=[N+]([O-])c1ccc(N2CCC3(CCCC3)CC2)c(CCl)c1. The number of benzene rings is 1. The molecule has 1 spiro atoms. The van der Waals surface area contributed by atoms with Crippen LogP contribution in [0, 0.1) is 15.5 Å². The summed E-state index contributed by atoms with van der Waals surface area (Å²) in [4.78, 5) is 12.9. The van der Waals surface area contributed by atoms with E-state index in [1.54, 1.807) is 12.1 Å². The fourth-order valence-corrected chi connectivity index (χ4v) is 4.16. The number of nitro benzene ring substituents is 1. The summed E-state index contributed by atoms with van der Waals surface area (Å²) in [6, 6.07) is 5.07. The zero-order chi connectivity index (χ0) is 14.9. The molecule has 1 heterocycles. The Kier molecular flexibility index (Phi) is 4.07. The van der Waals surface area contributed by atoms with E-state index in [1.807, 2.05) is 6.07 Å². The highest BCUT2D eigenvalue weighted by Crippen LogP contribution is 2.47. The van der Waals surface area contributed by atoms with Crippen LogP contribution in [-0.4, -0.2) is 18.0 Å². The van der Waals surface area contributed by atoms with Gasteiger partial charge in [0.2, 0.25) is 0 Å². The molecule has 0 atom stereocenters. The molecule has 0 bridgehead atoms. The third-order valence-electron chi connectivity index (χ3n) is 5.25. The van der Waals surface area contributed by atoms with Gasteiger partial charge in [-0.1, -0.05) is 12.8 Å². The average molecular weight is 309 g/mol. The van der Waals surface area contributed by atoms with Gasteiger partial charge in [-0.25, -0.2) is 0 Å². The third-order valence-corrected chi connectivity index (χ3v) is 5.53. The first-order chi connectivity index (χ1) is 10.1. The zero-order valence-corrected chi connectivity index (χ0v) is 12.9. The zero-order valence-electron chi connectivity index (χ0n) is 12.2. The van der Waals surface area contributed by atoms with E-state index in [0.29, 0.717) is 11.3 Å². The molecule has 2 aliphatic rings. The molecule has 5 heteroatoms. The summed E-state index contributed by atoms with van der Waals surface area (Å²) in [5.74, 6) is 0.318. The van der Waals surface area contributed by atoms with E-state index in [9.17, 15) is 10.1 Å². The van der Waals surface area contributed by atoms with Crippen molar-refractivity contribution >= 4 is 23.0 Å². The van der Waals surface area contributed by atoms with Crippen molar-refractivity contribution in [2.45, 2.75) is 44.4 Å². The van der Waals surface area contributed by atoms with Gasteiger partial charge in [-0.3, -0.25) is 10.1 Å². The topological polar surface area (TPSA) is 46.4 Å². The predicted octanol–water partition coefficient (Wildman–Crippen LogP) is 4.49. The average Bonchev–Trinajstić information content (AvgIpc) is 2.95. The van der Waals surface area contributed by atoms with Gasteiger partial charge >= 0.3 is 0 Å². The lowest BCUT2D eigenvalue weighted by molar-refractivity contribution is -0.384. The van der Waals surface area contributed by atoms with Gasteiger partial charge in [-0.2, -0.15) is 0 Å². The van der Waals surface area contributed by atoms with Gasteiger partial charge in [-0.15, -0.1) is 11.6 Å². The Morgan fingerprint density at radius 2 is 1.86 bits per heavy atom. The Bertz CT molecular complexity index is 531. The lowest BCUT2D eigenvalue weighted by Gasteiger charge is -2.41. The fraction of sp³-hybridized carbons (Fsp3) is 0.625. The standard InChI is InChI=1S/C16H21ClN2O2/c17-12-13-11-14(19(20)21)3-4-15(13)18-9-7-16(8-10-18)5-1-2-6-16/h3-4,11H,1-2,5-10,12H2. The predicted molar refractivity (Wildman–Crippen MR) is 85.0 cm³/mol. The summed E-state index contributed by atoms with van der Waals surface area (Å²) in [5.41, 5.74) is 2.65. The van der Waals surface area contributed by atoms with Crippen molar-refractivity contribution in [3.63, 3.8) is 0 Å². The Morgan fingerprint density at radius 3 is 2.43 bits per heavy atom. The highest BCUT2D eigenvalue weighted by molar-refractivity contribution is 6.17. The molecule has 0 unspecified atom stereocenters. The first-order valence-corrected chi connectivity index (χ1v) is 8.25. The maximum atomic E-state index is 10.9. The van der Waals surface area contributed by atoms with Crippen molar-refractivity contribution in [1.29, 1.82) is 0 Å². The second-order valence-electron chi connectivity index (χ2n) is 6.40. The number of nitrogens with zero attached hydrogens (tertiary/aromatic N) is 2. The van der Waals surface area contributed by atoms with Crippen molar-refractivity contribution in [3.8, 4) is 0 Å². The van der Waals surface area contributed by atoms with Crippen LogP contribution in [0.25, 0.3) is 0 Å². The van der Waals surface area contributed by atoms with E-state index in [4.69, 9.17) is 11.6 Å². The van der Waals surface area contributed by atoms with Crippen LogP contribution in [0.1, 0.15) is 44.1 Å². The number of halogens is 1. The Labute approximate surface area is 130 Å². The maximum absolute atomic E-state index is 10.9. The highest BCUT2D eigenvalue weighted by Gasteiger charge is 2.37. The van der Waals surface area contributed by atoms with E-state index in [1.165, 1.54) is 38.5 Å². The van der Waals surface area contributed by atoms with Crippen molar-refractivity contribution in [2.24, 2.45) is 5.41 Å². The van der Waals surface area contributed by atoms with Gasteiger partial charge in [0.25, 0.3) is 5.69 Å². The van der Waals surface area contributed by atoms with Gasteiger partial charge in [0.1, 0.15) is 0 Å². The van der Waals surface area contributed by atoms with E-state index in [2.05, 4.69) is 4.90 Å². The molecule has 1 aliphatic heterocycles. The lowest BCUT2D eigenvalue weighted by Crippen LogP contribution is -2.39. The van der Waals surface area contributed by atoms with E-state index < -0.39 is 0 Å². The minimum atomic E-state index is -0.358. The molecule has 0 amide bonds. The third kappa shape index (κ3) is 2.86. The summed E-state index contributed by atoms with van der Waals surface area (Å²) in [7, 11) is 0. The van der Waals surface area contributed by atoms with Gasteiger partial charge in [0, 0.05) is 36.8 Å². The molecule has 0 radical (unpaired) electrons. The van der Waals surface area contributed by atoms with Crippen LogP contribution in [0.5, 0.6) is 0 Å². The number of piperidine rings is 1. The highest BCUT2D eigenvalue weighted by atomic mass is 35.5. The molecular formula is C16H21ClN2O2. The largest absolute Gasteiger partial charge is 0.371 e. The van der Waals surface area contributed by atoms with Crippen LogP contribution >= 0.6 is 11.6 Å². The lowest BCUT2D eigenvalue weighted by atomic mass is 9.77. The van der Waals surface area contributed by atoms with Crippen molar-refractivity contribution in [1.82, 2.24) is 0 Å². The van der Waals surface area contributed by atoms with Crippen LogP contribution in [0.3, 0.4) is 0 Å². The molecule has 1 aliphatic carbocycles. The first kappa shape index (κ1) is 14.6. The summed E-state index contributed by atoms with van der Waals surface area (Å²) in [5, 5.41) is 10.9. The minimum absolute atomic E-state index is 0.124. The smallest absolute Gasteiger partial charge is 0.269 e. The van der Waals surface area contributed by atoms with Crippen LogP contribution < -0.4 is 4.90 Å². The first-order valence-electron chi connectivity index (χ1n) is 7.72. The Balaban J connectivity index is 1.77. The summed E-state index contributed by atoms with van der Waals surface area (Å²) in [6.45, 7) is 2.09. The summed E-state index contributed by atoms with van der Waals surface area (Å²) < 4.78 is 0. The molecule has 1 aromatic carbocycles. The van der Waals surface area contributed by atoms with Crippen LogP contribution in [-0.2, 0) is 5.88 Å². The number of rotatable bonds is 3. The van der Waals surface area contributed by atoms with E-state index >= 15 is 0 Å². The molecule has 1 saturated heterocycles. The van der Waals surface area contributed by atoms with Crippen LogP contribution in [0.4, 0.5) is 11.4 Å². The van der Waals surface area contributed by atoms with Crippen molar-refractivity contribution in [2.75, 3.05) is 18.0 Å². The number of nitro groups is 1. The molecule has 4 nitrogen and oxygen atoms in total. The number of non-ortho nitro benzene ring substituents is 1. The molecule has 1 aromatic rings. The molecule has 0 aromatic heterocycles. The second-order valence-corrected chi connectivity index (χ2v) is 6.67. The Hall–Kier alpha value is -1.29. The summed E-state index contributed by atoms with van der Waals surface area (Å²) in [6.07, 6.45) is 8.00. The monoisotopic (exact) mass is 308 g/mol. The van der Waals surface area contributed by atoms with Crippen LogP contribution in [0.15, 0.2) is 18.2 Å². The molecule has 114 valence electrons. The van der Waals surface area contributed by atoms with Crippen LogP contribution in [0.2, 0.25) is 0 Å². The van der Waals surface area contributed by atoms with E-state index in [0.717, 1.165) is 24.3 Å². The molecule has 0 N–H and O–H groups in total. The minimum Gasteiger partial charge on any atom is -0.371 e. The fourth-order valence-electron chi connectivity index (χ4n) is 3.95. The molecule has 2 fully saturated rings. The van der Waals surface area contributed by atoms with Gasteiger partial charge in [0.05, 0.1) is 4.92 Å². The van der Waals surface area contributed by atoms with E-state index in [-0.39, 0.29) is 10.6 Å². The van der Waals surface area contributed by atoms with Gasteiger partial charge in [0.15, 0.2) is 0 Å². The van der Waals surface area contributed by atoms with Crippen molar-refractivity contribution in [3.05, 3.63) is 33.9 Å².